The largest absolute Gasteiger partial charge is 0.472 e. The van der Waals surface area contributed by atoms with Gasteiger partial charge in [0.1, 0.15) is 0 Å². The summed E-state index contributed by atoms with van der Waals surface area (Å²) in [5, 5.41) is 0. The predicted molar refractivity (Wildman–Crippen MR) is 41.9 cm³/mol. The van der Waals surface area contributed by atoms with Crippen LogP contribution in [0.3, 0.4) is 0 Å². The van der Waals surface area contributed by atoms with E-state index >= 15 is 0 Å². The maximum absolute atomic E-state index is 12.8. The molecule has 124 valence electrons. The number of carbonyl (C=O) groups excluding carboxylic acids is 1. The van der Waals surface area contributed by atoms with Crippen molar-refractivity contribution in [2.45, 2.75) is 30.8 Å². The number of hydrogen-bond donors (Lipinski definition) is 0. The van der Waals surface area contributed by atoms with Crippen LogP contribution in [0.5, 0.6) is 0 Å². The van der Waals surface area contributed by atoms with E-state index in [4.69, 9.17) is 0 Å². The molecule has 0 radical (unpaired) electrons. The number of rotatable bonds is 6. The first kappa shape index (κ1) is 19.4. The third kappa shape index (κ3) is 3.05. The molecule has 0 aliphatic heterocycles. The van der Waals surface area contributed by atoms with Crippen LogP contribution in [0.25, 0.3) is 0 Å². The van der Waals surface area contributed by atoms with E-state index in [0.29, 0.717) is 0 Å². The standard InChI is InChI=1S/C8H3F11O2/c1-2(20)5(12,13)6(14,15)7(16,17)8(18,19)21-4(11)3(9)10/h1H3. The van der Waals surface area contributed by atoms with Gasteiger partial charge in [0.05, 0.1) is 0 Å². The van der Waals surface area contributed by atoms with Gasteiger partial charge in [-0.2, -0.15) is 48.3 Å². The topological polar surface area (TPSA) is 26.3 Å². The van der Waals surface area contributed by atoms with Crippen molar-refractivity contribution < 1.29 is 57.8 Å². The molecule has 21 heavy (non-hydrogen) atoms. The molecule has 0 aromatic carbocycles. The lowest BCUT2D eigenvalue weighted by Crippen LogP contribution is -2.64. The molecule has 2 nitrogen and oxygen atoms in total. The van der Waals surface area contributed by atoms with Crippen molar-refractivity contribution in [2.24, 2.45) is 0 Å². The molecule has 0 aromatic rings. The molecular weight excluding hydrogens is 337 g/mol. The molecule has 0 fully saturated rings. The minimum absolute atomic E-state index is 0.315. The van der Waals surface area contributed by atoms with Crippen LogP contribution in [0.4, 0.5) is 48.3 Å². The van der Waals surface area contributed by atoms with Gasteiger partial charge in [-0.05, 0) is 0 Å². The molecule has 13 heteroatoms. The van der Waals surface area contributed by atoms with Crippen LogP contribution in [0.15, 0.2) is 12.1 Å². The Hall–Kier alpha value is -1.56. The van der Waals surface area contributed by atoms with Gasteiger partial charge in [-0.15, -0.1) is 0 Å². The van der Waals surface area contributed by atoms with Gasteiger partial charge in [0.2, 0.25) is 5.78 Å². The summed E-state index contributed by atoms with van der Waals surface area (Å²) in [6.45, 7) is -0.315. The summed E-state index contributed by atoms with van der Waals surface area (Å²) < 4.78 is 138. The molecule has 0 bridgehead atoms. The van der Waals surface area contributed by atoms with Crippen LogP contribution >= 0.6 is 0 Å². The number of halogens is 11. The normalized spacial score (nSPS) is 13.9. The van der Waals surface area contributed by atoms with Crippen molar-refractivity contribution in [3.05, 3.63) is 12.1 Å². The fraction of sp³-hybridized carbons (Fsp3) is 0.625. The molecule has 0 amide bonds. The Kier molecular flexibility index (Phi) is 4.93. The van der Waals surface area contributed by atoms with Gasteiger partial charge in [-0.25, -0.2) is 0 Å². The molecule has 0 aromatic heterocycles. The minimum Gasteiger partial charge on any atom is -0.397 e. The van der Waals surface area contributed by atoms with Gasteiger partial charge < -0.3 is 4.74 Å². The molecule has 0 saturated heterocycles. The van der Waals surface area contributed by atoms with Gasteiger partial charge in [-0.1, -0.05) is 0 Å². The monoisotopic (exact) mass is 340 g/mol. The number of ketones is 1. The van der Waals surface area contributed by atoms with Crippen molar-refractivity contribution in [1.29, 1.82) is 0 Å². The molecule has 0 rings (SSSR count). The Labute approximate surface area is 108 Å². The summed E-state index contributed by atoms with van der Waals surface area (Å²) in [6.07, 6.45) is -10.5. The van der Waals surface area contributed by atoms with Crippen molar-refractivity contribution in [1.82, 2.24) is 0 Å². The zero-order valence-corrected chi connectivity index (χ0v) is 9.47. The van der Waals surface area contributed by atoms with E-state index in [0.717, 1.165) is 0 Å². The van der Waals surface area contributed by atoms with Crippen LogP contribution in [-0.4, -0.2) is 29.7 Å². The second-order valence-electron chi connectivity index (χ2n) is 3.43. The number of carbonyl (C=O) groups is 1. The Morgan fingerprint density at radius 3 is 1.48 bits per heavy atom. The van der Waals surface area contributed by atoms with E-state index in [1.807, 2.05) is 4.74 Å². The lowest BCUT2D eigenvalue weighted by molar-refractivity contribution is -0.417. The molecule has 0 spiro atoms. The zero-order chi connectivity index (χ0) is 17.4. The minimum atomic E-state index is -7.19. The molecule has 0 unspecified atom stereocenters. The summed E-state index contributed by atoms with van der Waals surface area (Å²) in [6, 6.07) is -3.68. The highest BCUT2D eigenvalue weighted by Crippen LogP contribution is 2.53. The first-order valence-electron chi connectivity index (χ1n) is 4.44. The molecule has 0 saturated carbocycles. The Balaban J connectivity index is 5.85. The number of alkyl halides is 8. The molecule has 0 atom stereocenters. The average Bonchev–Trinajstić information content (AvgIpc) is 2.26. The first-order valence-corrected chi connectivity index (χ1v) is 4.44. The number of hydrogen-bond acceptors (Lipinski definition) is 2. The lowest BCUT2D eigenvalue weighted by atomic mass is 10.0. The summed E-state index contributed by atoms with van der Waals surface area (Å²) in [4.78, 5) is 10.2. The van der Waals surface area contributed by atoms with Gasteiger partial charge in [0.15, 0.2) is 0 Å². The number of ether oxygens (including phenoxy) is 1. The van der Waals surface area contributed by atoms with Gasteiger partial charge in [0, 0.05) is 6.92 Å². The van der Waals surface area contributed by atoms with E-state index < -0.39 is 41.8 Å². The Bertz CT molecular complexity index is 449. The smallest absolute Gasteiger partial charge is 0.397 e. The maximum atomic E-state index is 12.8. The summed E-state index contributed by atoms with van der Waals surface area (Å²) >= 11 is 0. The van der Waals surface area contributed by atoms with Crippen LogP contribution in [-0.2, 0) is 9.53 Å². The predicted octanol–water partition coefficient (Wildman–Crippen LogP) is 4.13. The van der Waals surface area contributed by atoms with Crippen molar-refractivity contribution in [2.75, 3.05) is 0 Å². The second-order valence-corrected chi connectivity index (χ2v) is 3.43. The van der Waals surface area contributed by atoms with E-state index in [1.54, 1.807) is 0 Å². The lowest BCUT2D eigenvalue weighted by Gasteiger charge is -2.34. The SMILES string of the molecule is CC(=O)C(F)(F)C(F)(F)C(F)(F)C(F)(F)OC(F)=C(F)F. The molecule has 0 aliphatic carbocycles. The summed E-state index contributed by atoms with van der Waals surface area (Å²) in [7, 11) is 0. The van der Waals surface area contributed by atoms with Gasteiger partial charge in [0.25, 0.3) is 0 Å². The van der Waals surface area contributed by atoms with Crippen molar-refractivity contribution in [3.63, 3.8) is 0 Å². The summed E-state index contributed by atoms with van der Waals surface area (Å²) in [5.74, 6) is -23.5. The van der Waals surface area contributed by atoms with Gasteiger partial charge >= 0.3 is 36.0 Å². The summed E-state index contributed by atoms with van der Waals surface area (Å²) in [5.41, 5.74) is 0. The van der Waals surface area contributed by atoms with Gasteiger partial charge in [-0.3, -0.25) is 4.79 Å². The zero-order valence-electron chi connectivity index (χ0n) is 9.47. The van der Waals surface area contributed by atoms with Crippen LogP contribution in [0.1, 0.15) is 6.92 Å². The highest BCUT2D eigenvalue weighted by molar-refractivity contribution is 5.84. The van der Waals surface area contributed by atoms with Crippen LogP contribution < -0.4 is 0 Å². The van der Waals surface area contributed by atoms with Crippen LogP contribution in [0.2, 0.25) is 0 Å². The van der Waals surface area contributed by atoms with E-state index in [2.05, 4.69) is 0 Å². The fourth-order valence-corrected chi connectivity index (χ4v) is 0.816. The third-order valence-electron chi connectivity index (χ3n) is 1.96. The van der Waals surface area contributed by atoms with E-state index in [1.165, 1.54) is 0 Å². The van der Waals surface area contributed by atoms with E-state index in [-0.39, 0.29) is 6.92 Å². The quantitative estimate of drug-likeness (QED) is 0.537. The van der Waals surface area contributed by atoms with Crippen molar-refractivity contribution >= 4 is 5.78 Å². The fourth-order valence-electron chi connectivity index (χ4n) is 0.816. The molecule has 0 aliphatic rings. The number of Topliss-reactive ketones (excluding diaryl/α,β-unsaturated/α-hetero) is 1. The second kappa shape index (κ2) is 5.33. The Morgan fingerprint density at radius 1 is 0.810 bits per heavy atom. The highest BCUT2D eigenvalue weighted by Gasteiger charge is 2.84. The maximum Gasteiger partial charge on any atom is 0.472 e. The Morgan fingerprint density at radius 2 is 1.19 bits per heavy atom. The first-order chi connectivity index (χ1) is 9.02. The highest BCUT2D eigenvalue weighted by atomic mass is 19.4. The molecular formula is C8H3F11O2. The molecule has 0 heterocycles. The third-order valence-corrected chi connectivity index (χ3v) is 1.96. The van der Waals surface area contributed by atoms with Crippen molar-refractivity contribution in [3.8, 4) is 0 Å². The molecule has 0 N–H and O–H groups in total. The average molecular weight is 340 g/mol. The van der Waals surface area contributed by atoms with E-state index in [9.17, 15) is 53.1 Å². The van der Waals surface area contributed by atoms with Crippen LogP contribution in [0, 0.1) is 0 Å².